The predicted molar refractivity (Wildman–Crippen MR) is 66.8 cm³/mol. The van der Waals surface area contributed by atoms with Gasteiger partial charge in [-0.05, 0) is 12.6 Å². The Morgan fingerprint density at radius 3 is 2.30 bits per heavy atom. The van der Waals surface area contributed by atoms with Crippen LogP contribution in [0.15, 0.2) is 49.3 Å². The maximum Gasteiger partial charge on any atom is 0.416 e. The summed E-state index contributed by atoms with van der Waals surface area (Å²) in [5.41, 5.74) is -0.785. The van der Waals surface area contributed by atoms with E-state index in [0.717, 1.165) is 6.07 Å². The molecule has 1 aromatic rings. The van der Waals surface area contributed by atoms with Gasteiger partial charge in [-0.2, -0.15) is 23.7 Å². The number of halogens is 3. The summed E-state index contributed by atoms with van der Waals surface area (Å²) in [5, 5.41) is 15.9. The van der Waals surface area contributed by atoms with Gasteiger partial charge in [0.1, 0.15) is 12.7 Å². The van der Waals surface area contributed by atoms with Gasteiger partial charge >= 0.3 is 6.18 Å². The highest BCUT2D eigenvalue weighted by Crippen LogP contribution is 2.32. The van der Waals surface area contributed by atoms with E-state index in [1.165, 1.54) is 24.3 Å². The van der Waals surface area contributed by atoms with Crippen LogP contribution in [0, 0.1) is 22.7 Å². The lowest BCUT2D eigenvalue weighted by Gasteiger charge is -2.12. The fourth-order valence-corrected chi connectivity index (χ4v) is 1.12. The average Bonchev–Trinajstić information content (AvgIpc) is 2.44. The van der Waals surface area contributed by atoms with Crippen molar-refractivity contribution in [2.45, 2.75) is 12.8 Å². The molecule has 0 amide bonds. The second kappa shape index (κ2) is 8.39. The van der Waals surface area contributed by atoms with Crippen LogP contribution in [0.5, 0.6) is 0 Å². The number of nitriles is 2. The van der Waals surface area contributed by atoms with E-state index in [9.17, 15) is 13.2 Å². The zero-order chi connectivity index (χ0) is 15.6. The van der Waals surface area contributed by atoms with Gasteiger partial charge in [0.25, 0.3) is 0 Å². The van der Waals surface area contributed by atoms with Crippen molar-refractivity contribution in [2.24, 2.45) is 0 Å². The number of ether oxygens (including phenoxy) is 1. The molecule has 0 aliphatic rings. The molecule has 1 rings (SSSR count). The molecule has 104 valence electrons. The van der Waals surface area contributed by atoms with Crippen molar-refractivity contribution in [1.82, 2.24) is 0 Å². The molecule has 0 spiro atoms. The van der Waals surface area contributed by atoms with Gasteiger partial charge in [0.05, 0.1) is 11.6 Å². The van der Waals surface area contributed by atoms with Crippen LogP contribution >= 0.6 is 0 Å². The first kappa shape index (κ1) is 17.3. The van der Waals surface area contributed by atoms with E-state index in [4.69, 9.17) is 15.3 Å². The highest BCUT2D eigenvalue weighted by molar-refractivity contribution is 5.29. The summed E-state index contributed by atoms with van der Waals surface area (Å²) >= 11 is 0. The van der Waals surface area contributed by atoms with E-state index in [1.54, 1.807) is 12.1 Å². The molecule has 6 heteroatoms. The van der Waals surface area contributed by atoms with Crippen LogP contribution in [-0.2, 0) is 17.5 Å². The number of hydrogen-bond donors (Lipinski definition) is 0. The summed E-state index contributed by atoms with van der Waals surface area (Å²) in [7, 11) is 0. The Kier molecular flexibility index (Phi) is 7.24. The van der Waals surface area contributed by atoms with Crippen molar-refractivity contribution >= 4 is 0 Å². The number of allylic oxidation sites excluding steroid dienone is 2. The van der Waals surface area contributed by atoms with Crippen LogP contribution in [0.3, 0.4) is 0 Å². The average molecular weight is 280 g/mol. The van der Waals surface area contributed by atoms with E-state index < -0.39 is 11.7 Å². The minimum Gasteiger partial charge on any atom is -0.479 e. The molecule has 0 saturated heterocycles. The van der Waals surface area contributed by atoms with E-state index >= 15 is 0 Å². The molecule has 0 atom stereocenters. The summed E-state index contributed by atoms with van der Waals surface area (Å²) in [6, 6.07) is 8.33. The van der Waals surface area contributed by atoms with E-state index in [1.807, 2.05) is 0 Å². The molecule has 0 bridgehead atoms. The molecule has 3 nitrogen and oxygen atoms in total. The van der Waals surface area contributed by atoms with Gasteiger partial charge in [-0.1, -0.05) is 24.8 Å². The standard InChI is InChI=1S/C11H8F3NO.C3H3N/c1-8(6-15)16-7-9-4-2-3-5-10(9)11(12,13)14;1-2-3-4/h2-5H,1,7H2;2H,1H2. The molecule has 0 heterocycles. The minimum atomic E-state index is -4.42. The SMILES string of the molecule is C=C(C#N)OCc1ccccc1C(F)(F)F.C=CC#N. The number of nitrogens with zero attached hydrogens (tertiary/aromatic N) is 2. The van der Waals surface area contributed by atoms with Crippen molar-refractivity contribution in [1.29, 1.82) is 10.5 Å². The predicted octanol–water partition coefficient (Wildman–Crippen LogP) is 3.96. The Morgan fingerprint density at radius 1 is 1.30 bits per heavy atom. The molecule has 0 aromatic heterocycles. The second-order valence-corrected chi connectivity index (χ2v) is 3.31. The lowest BCUT2D eigenvalue weighted by Crippen LogP contribution is -2.09. The van der Waals surface area contributed by atoms with Crippen molar-refractivity contribution < 1.29 is 17.9 Å². The fourth-order valence-electron chi connectivity index (χ4n) is 1.12. The number of hydrogen-bond acceptors (Lipinski definition) is 3. The quantitative estimate of drug-likeness (QED) is 0.622. The van der Waals surface area contributed by atoms with Gasteiger partial charge in [0.15, 0.2) is 5.76 Å². The van der Waals surface area contributed by atoms with Crippen molar-refractivity contribution in [2.75, 3.05) is 0 Å². The van der Waals surface area contributed by atoms with Crippen molar-refractivity contribution in [3.63, 3.8) is 0 Å². The summed E-state index contributed by atoms with van der Waals surface area (Å²) in [5.74, 6) is -0.211. The number of rotatable bonds is 3. The molecule has 0 aliphatic carbocycles. The molecule has 0 fully saturated rings. The van der Waals surface area contributed by atoms with Gasteiger partial charge in [0, 0.05) is 11.6 Å². The van der Waals surface area contributed by atoms with Gasteiger partial charge in [-0.3, -0.25) is 0 Å². The number of alkyl halides is 3. The van der Waals surface area contributed by atoms with Crippen LogP contribution in [0.25, 0.3) is 0 Å². The third-order valence-corrected chi connectivity index (χ3v) is 1.94. The maximum absolute atomic E-state index is 12.5. The Morgan fingerprint density at radius 2 is 1.85 bits per heavy atom. The molecule has 20 heavy (non-hydrogen) atoms. The largest absolute Gasteiger partial charge is 0.479 e. The first-order valence-corrected chi connectivity index (χ1v) is 5.24. The van der Waals surface area contributed by atoms with E-state index in [-0.39, 0.29) is 17.9 Å². The summed E-state index contributed by atoms with van der Waals surface area (Å²) < 4.78 is 42.3. The lowest BCUT2D eigenvalue weighted by molar-refractivity contribution is -0.138. The zero-order valence-corrected chi connectivity index (χ0v) is 10.4. The topological polar surface area (TPSA) is 56.8 Å². The third kappa shape index (κ3) is 6.27. The van der Waals surface area contributed by atoms with Crippen LogP contribution in [0.2, 0.25) is 0 Å². The zero-order valence-electron chi connectivity index (χ0n) is 10.4. The fraction of sp³-hybridized carbons (Fsp3) is 0.143. The molecule has 0 saturated carbocycles. The summed E-state index contributed by atoms with van der Waals surface area (Å²) in [4.78, 5) is 0. The smallest absolute Gasteiger partial charge is 0.416 e. The third-order valence-electron chi connectivity index (χ3n) is 1.94. The van der Waals surface area contributed by atoms with Crippen LogP contribution in [0.1, 0.15) is 11.1 Å². The molecular formula is C14H11F3N2O. The molecule has 0 N–H and O–H groups in total. The Balaban J connectivity index is 0.000000796. The van der Waals surface area contributed by atoms with Crippen molar-refractivity contribution in [3.8, 4) is 12.1 Å². The van der Waals surface area contributed by atoms with Crippen LogP contribution in [0.4, 0.5) is 13.2 Å². The highest BCUT2D eigenvalue weighted by atomic mass is 19.4. The summed E-state index contributed by atoms with van der Waals surface area (Å²) in [6.45, 7) is 6.02. The minimum absolute atomic E-state index is 0.0219. The monoisotopic (exact) mass is 280 g/mol. The summed E-state index contributed by atoms with van der Waals surface area (Å²) in [6.07, 6.45) is -3.24. The normalized spacial score (nSPS) is 9.25. The van der Waals surface area contributed by atoms with E-state index in [2.05, 4.69) is 13.2 Å². The second-order valence-electron chi connectivity index (χ2n) is 3.31. The molecule has 0 aliphatic heterocycles. The van der Waals surface area contributed by atoms with Crippen LogP contribution < -0.4 is 0 Å². The van der Waals surface area contributed by atoms with E-state index in [0.29, 0.717) is 0 Å². The van der Waals surface area contributed by atoms with Gasteiger partial charge in [-0.25, -0.2) is 0 Å². The Labute approximate surface area is 114 Å². The first-order valence-electron chi connectivity index (χ1n) is 5.24. The first-order chi connectivity index (χ1) is 9.36. The molecular weight excluding hydrogens is 269 g/mol. The molecule has 0 radical (unpaired) electrons. The lowest BCUT2D eigenvalue weighted by atomic mass is 10.1. The van der Waals surface area contributed by atoms with Gasteiger partial charge in [0.2, 0.25) is 0 Å². The number of benzene rings is 1. The van der Waals surface area contributed by atoms with Crippen LogP contribution in [-0.4, -0.2) is 0 Å². The molecule has 1 aromatic carbocycles. The highest BCUT2D eigenvalue weighted by Gasteiger charge is 2.32. The Bertz CT molecular complexity index is 551. The molecule has 0 unspecified atom stereocenters. The van der Waals surface area contributed by atoms with Gasteiger partial charge < -0.3 is 4.74 Å². The maximum atomic E-state index is 12.5. The van der Waals surface area contributed by atoms with Gasteiger partial charge in [-0.15, -0.1) is 0 Å². The van der Waals surface area contributed by atoms with Crippen molar-refractivity contribution in [3.05, 3.63) is 60.4 Å². The Hall–Kier alpha value is -2.73.